The highest BCUT2D eigenvalue weighted by Gasteiger charge is 2.35. The maximum atomic E-state index is 12.3. The molecule has 2 rings (SSSR count). The van der Waals surface area contributed by atoms with Crippen molar-refractivity contribution in [2.24, 2.45) is 0 Å². The number of hydrogen-bond acceptors (Lipinski definition) is 7. The quantitative estimate of drug-likeness (QED) is 0.779. The standard InChI is InChI=1S/C15H21N3O6/c1-15(2,3)24-14(22)18-7-5-6-8(18)11-16-9(13(21)23-4)10(19)12(20)17-11/h8,19H,5-7H2,1-4H3,(H,16,17,20)/t8-/m0/s1. The SMILES string of the molecule is COC(=O)c1nc([C@@H]2CCCN2C(=O)OC(C)(C)C)[nH]c(=O)c1O. The van der Waals surface area contributed by atoms with Crippen LogP contribution in [-0.2, 0) is 9.47 Å². The normalized spacial score (nSPS) is 17.7. The van der Waals surface area contributed by atoms with Crippen LogP contribution in [-0.4, -0.2) is 51.3 Å². The molecule has 1 fully saturated rings. The molecule has 2 N–H and O–H groups in total. The molecule has 2 heterocycles. The molecular weight excluding hydrogens is 318 g/mol. The number of nitrogens with one attached hydrogen (secondary N) is 1. The van der Waals surface area contributed by atoms with E-state index >= 15 is 0 Å². The Hall–Kier alpha value is -2.58. The summed E-state index contributed by atoms with van der Waals surface area (Å²) >= 11 is 0. The van der Waals surface area contributed by atoms with Gasteiger partial charge in [0.1, 0.15) is 11.4 Å². The molecule has 132 valence electrons. The average Bonchev–Trinajstić information content (AvgIpc) is 2.97. The van der Waals surface area contributed by atoms with Gasteiger partial charge in [-0.1, -0.05) is 0 Å². The number of likely N-dealkylation sites (tertiary alicyclic amines) is 1. The molecule has 0 saturated carbocycles. The van der Waals surface area contributed by atoms with Crippen molar-refractivity contribution in [2.45, 2.75) is 45.3 Å². The van der Waals surface area contributed by atoms with Gasteiger partial charge in [-0.25, -0.2) is 14.6 Å². The lowest BCUT2D eigenvalue weighted by atomic mass is 10.2. The molecule has 0 radical (unpaired) electrons. The van der Waals surface area contributed by atoms with Gasteiger partial charge in [-0.05, 0) is 33.6 Å². The van der Waals surface area contributed by atoms with Crippen molar-refractivity contribution in [3.05, 3.63) is 21.9 Å². The highest BCUT2D eigenvalue weighted by molar-refractivity contribution is 5.89. The Morgan fingerprint density at radius 1 is 1.38 bits per heavy atom. The molecular formula is C15H21N3O6. The zero-order valence-electron chi connectivity index (χ0n) is 14.1. The molecule has 0 spiro atoms. The average molecular weight is 339 g/mol. The summed E-state index contributed by atoms with van der Waals surface area (Å²) in [6.07, 6.45) is 0.718. The first-order valence-electron chi connectivity index (χ1n) is 7.55. The van der Waals surface area contributed by atoms with Crippen LogP contribution in [0.1, 0.15) is 56.0 Å². The number of methoxy groups -OCH3 is 1. The summed E-state index contributed by atoms with van der Waals surface area (Å²) in [5, 5.41) is 9.68. The predicted molar refractivity (Wildman–Crippen MR) is 82.8 cm³/mol. The molecule has 0 aliphatic carbocycles. The first-order valence-corrected chi connectivity index (χ1v) is 7.55. The smallest absolute Gasteiger partial charge is 0.410 e. The minimum absolute atomic E-state index is 0.113. The molecule has 0 bridgehead atoms. The third-order valence-electron chi connectivity index (χ3n) is 3.49. The molecule has 9 nitrogen and oxygen atoms in total. The number of aromatic nitrogens is 2. The van der Waals surface area contributed by atoms with Gasteiger partial charge in [-0.3, -0.25) is 9.69 Å². The second-order valence-corrected chi connectivity index (χ2v) is 6.47. The first kappa shape index (κ1) is 17.8. The summed E-state index contributed by atoms with van der Waals surface area (Å²) in [6, 6.07) is -0.545. The zero-order valence-corrected chi connectivity index (χ0v) is 14.1. The summed E-state index contributed by atoms with van der Waals surface area (Å²) in [5.74, 6) is -1.63. The molecule has 9 heteroatoms. The van der Waals surface area contributed by atoms with E-state index in [1.54, 1.807) is 20.8 Å². The van der Waals surface area contributed by atoms with Crippen LogP contribution in [0.4, 0.5) is 4.79 Å². The fourth-order valence-corrected chi connectivity index (χ4v) is 2.47. The predicted octanol–water partition coefficient (Wildman–Crippen LogP) is 1.33. The number of ether oxygens (including phenoxy) is 2. The number of nitrogens with zero attached hydrogens (tertiary/aromatic N) is 2. The summed E-state index contributed by atoms with van der Waals surface area (Å²) in [4.78, 5) is 43.7. The summed E-state index contributed by atoms with van der Waals surface area (Å²) < 4.78 is 9.86. The lowest BCUT2D eigenvalue weighted by Gasteiger charge is -2.28. The molecule has 1 saturated heterocycles. The molecule has 1 aliphatic heterocycles. The molecule has 1 aliphatic rings. The number of esters is 1. The van der Waals surface area contributed by atoms with Gasteiger partial charge in [-0.2, -0.15) is 0 Å². The molecule has 1 atom stereocenters. The van der Waals surface area contributed by atoms with Crippen LogP contribution in [0.15, 0.2) is 4.79 Å². The van der Waals surface area contributed by atoms with Crippen LogP contribution in [0, 0.1) is 0 Å². The topological polar surface area (TPSA) is 122 Å². The van der Waals surface area contributed by atoms with Crippen LogP contribution < -0.4 is 5.56 Å². The Kier molecular flexibility index (Phi) is 4.81. The highest BCUT2D eigenvalue weighted by atomic mass is 16.6. The van der Waals surface area contributed by atoms with Crippen LogP contribution in [0.5, 0.6) is 5.75 Å². The molecule has 0 aromatic carbocycles. The van der Waals surface area contributed by atoms with E-state index in [0.29, 0.717) is 19.4 Å². The number of hydrogen-bond donors (Lipinski definition) is 2. The van der Waals surface area contributed by atoms with E-state index in [4.69, 9.17) is 4.74 Å². The van der Waals surface area contributed by atoms with Crippen LogP contribution in [0.25, 0.3) is 0 Å². The number of carbonyl (C=O) groups excluding carboxylic acids is 2. The lowest BCUT2D eigenvalue weighted by molar-refractivity contribution is 0.0218. The van der Waals surface area contributed by atoms with E-state index in [2.05, 4.69) is 14.7 Å². The van der Waals surface area contributed by atoms with E-state index in [1.807, 2.05) is 0 Å². The Morgan fingerprint density at radius 3 is 2.62 bits per heavy atom. The monoisotopic (exact) mass is 339 g/mol. The largest absolute Gasteiger partial charge is 0.501 e. The number of amides is 1. The van der Waals surface area contributed by atoms with Crippen molar-refractivity contribution in [1.82, 2.24) is 14.9 Å². The Bertz CT molecular complexity index is 706. The Labute approximate surface area is 138 Å². The Morgan fingerprint density at radius 2 is 2.04 bits per heavy atom. The van der Waals surface area contributed by atoms with Crippen molar-refractivity contribution >= 4 is 12.1 Å². The number of aromatic hydroxyl groups is 1. The van der Waals surface area contributed by atoms with E-state index < -0.39 is 40.7 Å². The third-order valence-corrected chi connectivity index (χ3v) is 3.49. The van der Waals surface area contributed by atoms with Gasteiger partial charge in [-0.15, -0.1) is 0 Å². The van der Waals surface area contributed by atoms with Crippen molar-refractivity contribution in [2.75, 3.05) is 13.7 Å². The van der Waals surface area contributed by atoms with Crippen LogP contribution in [0.2, 0.25) is 0 Å². The van der Waals surface area contributed by atoms with Gasteiger partial charge in [0.05, 0.1) is 13.2 Å². The van der Waals surface area contributed by atoms with Crippen molar-refractivity contribution in [1.29, 1.82) is 0 Å². The number of carbonyl (C=O) groups is 2. The second kappa shape index (κ2) is 6.50. The van der Waals surface area contributed by atoms with E-state index in [0.717, 1.165) is 7.11 Å². The van der Waals surface area contributed by atoms with Crippen LogP contribution >= 0.6 is 0 Å². The zero-order chi connectivity index (χ0) is 18.1. The van der Waals surface area contributed by atoms with Crippen LogP contribution in [0.3, 0.4) is 0 Å². The maximum absolute atomic E-state index is 12.3. The first-order chi connectivity index (χ1) is 11.1. The molecule has 1 amide bonds. The minimum atomic E-state index is -0.929. The van der Waals surface area contributed by atoms with Gasteiger partial charge < -0.3 is 19.6 Å². The van der Waals surface area contributed by atoms with Gasteiger partial charge in [0, 0.05) is 6.54 Å². The van der Waals surface area contributed by atoms with E-state index in [-0.39, 0.29) is 5.82 Å². The van der Waals surface area contributed by atoms with Gasteiger partial charge >= 0.3 is 12.1 Å². The van der Waals surface area contributed by atoms with Crippen molar-refractivity contribution < 1.29 is 24.2 Å². The van der Waals surface area contributed by atoms with Gasteiger partial charge in [0.25, 0.3) is 5.56 Å². The summed E-state index contributed by atoms with van der Waals surface area (Å²) in [5.41, 5.74) is -2.00. The minimum Gasteiger partial charge on any atom is -0.501 e. The fraction of sp³-hybridized carbons (Fsp3) is 0.600. The van der Waals surface area contributed by atoms with E-state index in [9.17, 15) is 19.5 Å². The summed E-state index contributed by atoms with van der Waals surface area (Å²) in [7, 11) is 1.12. The Balaban J connectivity index is 2.36. The summed E-state index contributed by atoms with van der Waals surface area (Å²) in [6.45, 7) is 5.71. The molecule has 24 heavy (non-hydrogen) atoms. The fourth-order valence-electron chi connectivity index (χ4n) is 2.47. The number of aromatic amines is 1. The molecule has 1 aromatic rings. The van der Waals surface area contributed by atoms with Gasteiger partial charge in [0.15, 0.2) is 5.69 Å². The lowest BCUT2D eigenvalue weighted by Crippen LogP contribution is -2.37. The number of H-pyrrole nitrogens is 1. The number of rotatable bonds is 2. The van der Waals surface area contributed by atoms with Crippen molar-refractivity contribution in [3.8, 4) is 5.75 Å². The van der Waals surface area contributed by atoms with E-state index in [1.165, 1.54) is 4.90 Å². The third kappa shape index (κ3) is 3.66. The highest BCUT2D eigenvalue weighted by Crippen LogP contribution is 2.31. The molecule has 1 aromatic heterocycles. The molecule has 0 unspecified atom stereocenters. The van der Waals surface area contributed by atoms with Crippen molar-refractivity contribution in [3.63, 3.8) is 0 Å². The second-order valence-electron chi connectivity index (χ2n) is 6.47. The van der Waals surface area contributed by atoms with Gasteiger partial charge in [0.2, 0.25) is 5.75 Å². The maximum Gasteiger partial charge on any atom is 0.410 e.